The van der Waals surface area contributed by atoms with Gasteiger partial charge in [0.15, 0.2) is 23.0 Å². The molecule has 7 nitrogen and oxygen atoms in total. The molecule has 1 fully saturated rings. The van der Waals surface area contributed by atoms with E-state index in [2.05, 4.69) is 6.07 Å². The summed E-state index contributed by atoms with van der Waals surface area (Å²) in [5.41, 5.74) is 2.27. The van der Waals surface area contributed by atoms with Crippen molar-refractivity contribution in [3.8, 4) is 23.0 Å². The Morgan fingerprint density at radius 3 is 2.13 bits per heavy atom. The van der Waals surface area contributed by atoms with Crippen LogP contribution in [0.5, 0.6) is 23.0 Å². The summed E-state index contributed by atoms with van der Waals surface area (Å²) in [5.74, 6) is 3.15. The first kappa shape index (κ1) is 19.1. The lowest BCUT2D eigenvalue weighted by Gasteiger charge is -2.23. The minimum absolute atomic E-state index is 0.0382. The first-order valence-corrected chi connectivity index (χ1v) is 10.2. The van der Waals surface area contributed by atoms with Crippen LogP contribution in [0.25, 0.3) is 0 Å². The molecule has 3 heterocycles. The van der Waals surface area contributed by atoms with E-state index < -0.39 is 0 Å². The highest BCUT2D eigenvalue weighted by Crippen LogP contribution is 2.38. The largest absolute Gasteiger partial charge is 0.465 e. The van der Waals surface area contributed by atoms with Gasteiger partial charge < -0.3 is 28.4 Å². The van der Waals surface area contributed by atoms with Crippen LogP contribution in [0.4, 0.5) is 0 Å². The second-order valence-corrected chi connectivity index (χ2v) is 7.88. The molecule has 3 unspecified atom stereocenters. The molecule has 0 spiro atoms. The second-order valence-electron chi connectivity index (χ2n) is 7.88. The predicted molar refractivity (Wildman–Crippen MR) is 106 cm³/mol. The van der Waals surface area contributed by atoms with E-state index in [9.17, 15) is 4.79 Å². The fraction of sp³-hybridized carbons (Fsp3) is 0.435. The van der Waals surface area contributed by atoms with Gasteiger partial charge in [-0.15, -0.1) is 0 Å². The van der Waals surface area contributed by atoms with Crippen molar-refractivity contribution >= 4 is 5.97 Å². The smallest absolute Gasteiger partial charge is 0.302 e. The van der Waals surface area contributed by atoms with Crippen LogP contribution >= 0.6 is 0 Å². The molecule has 3 aliphatic rings. The molecule has 1 saturated heterocycles. The molecule has 30 heavy (non-hydrogen) atoms. The number of esters is 1. The maximum Gasteiger partial charge on any atom is 0.302 e. The molecular formula is C23H24O7. The van der Waals surface area contributed by atoms with Gasteiger partial charge in [-0.05, 0) is 54.2 Å². The summed E-state index contributed by atoms with van der Waals surface area (Å²) in [4.78, 5) is 11.5. The number of carbonyl (C=O) groups excluding carboxylic acids is 1. The SMILES string of the molecule is CC(=O)OCC1C(Cc2ccc3c(c2)OCO3)COC1Cc1ccc2c(c1)OCO2. The fourth-order valence-corrected chi connectivity index (χ4v) is 4.35. The molecule has 2 aromatic rings. The third-order valence-electron chi connectivity index (χ3n) is 5.90. The summed E-state index contributed by atoms with van der Waals surface area (Å²) in [6, 6.07) is 12.0. The van der Waals surface area contributed by atoms with Gasteiger partial charge in [-0.3, -0.25) is 4.79 Å². The van der Waals surface area contributed by atoms with E-state index >= 15 is 0 Å². The first-order chi connectivity index (χ1) is 14.7. The standard InChI is InChI=1S/C23H24O7/c1-14(24)25-11-18-17(6-15-2-4-19-22(8-15)29-12-27-19)10-26-21(18)7-16-3-5-20-23(9-16)30-13-28-20/h2-5,8-9,17-18,21H,6-7,10-13H2,1H3. The maximum absolute atomic E-state index is 11.5. The monoisotopic (exact) mass is 412 g/mol. The molecule has 0 N–H and O–H groups in total. The van der Waals surface area contributed by atoms with Crippen molar-refractivity contribution in [1.29, 1.82) is 0 Å². The average Bonchev–Trinajstić information content (AvgIpc) is 3.46. The first-order valence-electron chi connectivity index (χ1n) is 10.2. The topological polar surface area (TPSA) is 72.5 Å². The van der Waals surface area contributed by atoms with Crippen LogP contribution in [0.1, 0.15) is 18.1 Å². The molecule has 7 heteroatoms. The van der Waals surface area contributed by atoms with E-state index in [0.29, 0.717) is 13.2 Å². The van der Waals surface area contributed by atoms with Gasteiger partial charge in [0, 0.05) is 12.8 Å². The molecule has 0 aliphatic carbocycles. The molecule has 0 saturated carbocycles. The highest BCUT2D eigenvalue weighted by Gasteiger charge is 2.38. The third-order valence-corrected chi connectivity index (χ3v) is 5.90. The zero-order valence-corrected chi connectivity index (χ0v) is 16.8. The summed E-state index contributed by atoms with van der Waals surface area (Å²) in [6.45, 7) is 2.92. The molecule has 3 aliphatic heterocycles. The number of hydrogen-bond donors (Lipinski definition) is 0. The van der Waals surface area contributed by atoms with E-state index in [0.717, 1.165) is 47.0 Å². The van der Waals surface area contributed by atoms with Crippen LogP contribution in [0, 0.1) is 11.8 Å². The molecule has 0 aromatic heterocycles. The number of ether oxygens (including phenoxy) is 6. The predicted octanol–water partition coefficient (Wildman–Crippen LogP) is 3.12. The number of fused-ring (bicyclic) bond motifs is 2. The summed E-state index contributed by atoms with van der Waals surface area (Å²) in [6.07, 6.45) is 1.50. The Morgan fingerprint density at radius 1 is 0.900 bits per heavy atom. The van der Waals surface area contributed by atoms with E-state index in [1.165, 1.54) is 6.92 Å². The van der Waals surface area contributed by atoms with Crippen molar-refractivity contribution in [2.45, 2.75) is 25.9 Å². The minimum atomic E-state index is -0.273. The molecule has 0 bridgehead atoms. The Bertz CT molecular complexity index is 874. The number of carbonyl (C=O) groups is 1. The van der Waals surface area contributed by atoms with Crippen molar-refractivity contribution in [3.63, 3.8) is 0 Å². The maximum atomic E-state index is 11.5. The van der Waals surface area contributed by atoms with Crippen molar-refractivity contribution in [3.05, 3.63) is 47.5 Å². The lowest BCUT2D eigenvalue weighted by atomic mass is 9.84. The van der Waals surface area contributed by atoms with E-state index in [4.69, 9.17) is 28.4 Å². The Morgan fingerprint density at radius 2 is 1.50 bits per heavy atom. The summed E-state index contributed by atoms with van der Waals surface area (Å²) in [5, 5.41) is 0. The average molecular weight is 412 g/mol. The van der Waals surface area contributed by atoms with E-state index in [-0.39, 0.29) is 37.5 Å². The molecule has 5 rings (SSSR count). The third kappa shape index (κ3) is 3.89. The van der Waals surface area contributed by atoms with Crippen LogP contribution in [0.3, 0.4) is 0 Å². The normalized spacial score (nSPS) is 23.6. The summed E-state index contributed by atoms with van der Waals surface area (Å²) >= 11 is 0. The quantitative estimate of drug-likeness (QED) is 0.675. The van der Waals surface area contributed by atoms with Gasteiger partial charge in [0.05, 0.1) is 19.3 Å². The number of rotatable bonds is 6. The van der Waals surface area contributed by atoms with Crippen molar-refractivity contribution < 1.29 is 33.2 Å². The fourth-order valence-electron chi connectivity index (χ4n) is 4.35. The Hall–Kier alpha value is -2.93. The molecular weight excluding hydrogens is 388 g/mol. The molecule has 2 aromatic carbocycles. The van der Waals surface area contributed by atoms with Crippen LogP contribution < -0.4 is 18.9 Å². The van der Waals surface area contributed by atoms with E-state index in [1.54, 1.807) is 0 Å². The van der Waals surface area contributed by atoms with Crippen LogP contribution in [0.15, 0.2) is 36.4 Å². The lowest BCUT2D eigenvalue weighted by molar-refractivity contribution is -0.143. The highest BCUT2D eigenvalue weighted by atomic mass is 16.7. The molecule has 0 radical (unpaired) electrons. The zero-order valence-electron chi connectivity index (χ0n) is 16.8. The summed E-state index contributed by atoms with van der Waals surface area (Å²) in [7, 11) is 0. The number of benzene rings is 2. The van der Waals surface area contributed by atoms with Crippen molar-refractivity contribution in [2.75, 3.05) is 26.8 Å². The van der Waals surface area contributed by atoms with Crippen molar-refractivity contribution in [1.82, 2.24) is 0 Å². The highest BCUT2D eigenvalue weighted by molar-refractivity contribution is 5.65. The van der Waals surface area contributed by atoms with E-state index in [1.807, 2.05) is 30.3 Å². The van der Waals surface area contributed by atoms with Gasteiger partial charge in [0.2, 0.25) is 13.6 Å². The zero-order chi connectivity index (χ0) is 20.5. The van der Waals surface area contributed by atoms with Crippen LogP contribution in [0.2, 0.25) is 0 Å². The molecule has 158 valence electrons. The van der Waals surface area contributed by atoms with Gasteiger partial charge in [0.25, 0.3) is 0 Å². The van der Waals surface area contributed by atoms with Gasteiger partial charge in [-0.25, -0.2) is 0 Å². The minimum Gasteiger partial charge on any atom is -0.465 e. The molecule has 3 atom stereocenters. The van der Waals surface area contributed by atoms with Crippen LogP contribution in [-0.4, -0.2) is 38.9 Å². The summed E-state index contributed by atoms with van der Waals surface area (Å²) < 4.78 is 33.4. The Balaban J connectivity index is 1.31. The van der Waals surface area contributed by atoms with Crippen LogP contribution in [-0.2, 0) is 27.1 Å². The lowest BCUT2D eigenvalue weighted by Crippen LogP contribution is -2.29. The van der Waals surface area contributed by atoms with Gasteiger partial charge in [-0.2, -0.15) is 0 Å². The number of hydrogen-bond acceptors (Lipinski definition) is 7. The second kappa shape index (κ2) is 8.07. The van der Waals surface area contributed by atoms with Crippen molar-refractivity contribution in [2.24, 2.45) is 11.8 Å². The molecule has 0 amide bonds. The van der Waals surface area contributed by atoms with Gasteiger partial charge in [-0.1, -0.05) is 12.1 Å². The van der Waals surface area contributed by atoms with Gasteiger partial charge >= 0.3 is 5.97 Å². The Labute approximate surface area is 174 Å². The Kier molecular flexibility index (Phi) is 5.12. The van der Waals surface area contributed by atoms with Gasteiger partial charge in [0.1, 0.15) is 0 Å².